The van der Waals surface area contributed by atoms with Gasteiger partial charge in [-0.2, -0.15) is 0 Å². The zero-order valence-electron chi connectivity index (χ0n) is 7.76. The van der Waals surface area contributed by atoms with Crippen LogP contribution in [0.2, 0.25) is 5.15 Å². The summed E-state index contributed by atoms with van der Waals surface area (Å²) in [6, 6.07) is 2.07. The number of nitrogens with zero attached hydrogens (tertiary/aromatic N) is 1. The molecule has 14 heavy (non-hydrogen) atoms. The zero-order chi connectivity index (χ0) is 10.2. The number of hydrogen-bond acceptors (Lipinski definition) is 2. The van der Waals surface area contributed by atoms with Gasteiger partial charge in [0.2, 0.25) is 0 Å². The highest BCUT2D eigenvalue weighted by atomic mass is 79.9. The molecule has 2 rings (SSSR count). The third-order valence-electron chi connectivity index (χ3n) is 2.85. The summed E-state index contributed by atoms with van der Waals surface area (Å²) < 4.78 is 0.986. The molecule has 1 aromatic rings. The number of halogens is 2. The molecule has 0 atom stereocenters. The normalized spacial score (nSPS) is 18.2. The number of hydrogen-bond donors (Lipinski definition) is 1. The Morgan fingerprint density at radius 2 is 2.29 bits per heavy atom. The number of pyridine rings is 1. The van der Waals surface area contributed by atoms with E-state index < -0.39 is 0 Å². The molecule has 0 aromatic carbocycles. The first-order valence-corrected chi connectivity index (χ1v) is 5.87. The molecule has 2 nitrogen and oxygen atoms in total. The van der Waals surface area contributed by atoms with Crippen LogP contribution in [0.3, 0.4) is 0 Å². The van der Waals surface area contributed by atoms with Crippen LogP contribution in [0.15, 0.2) is 16.7 Å². The van der Waals surface area contributed by atoms with E-state index in [1.54, 1.807) is 6.20 Å². The minimum absolute atomic E-state index is 0.225. The molecule has 76 valence electrons. The summed E-state index contributed by atoms with van der Waals surface area (Å²) in [6.07, 6.45) is 5.10. The molecule has 0 aliphatic heterocycles. The van der Waals surface area contributed by atoms with Crippen molar-refractivity contribution in [1.82, 2.24) is 4.98 Å². The predicted octanol–water partition coefficient (Wildman–Crippen LogP) is 2.88. The fourth-order valence-electron chi connectivity index (χ4n) is 1.88. The maximum atomic E-state index is 6.08. The van der Waals surface area contributed by atoms with Crippen molar-refractivity contribution in [2.75, 3.05) is 6.54 Å². The molecular formula is C10H12BrClN2. The van der Waals surface area contributed by atoms with Crippen molar-refractivity contribution in [1.29, 1.82) is 0 Å². The van der Waals surface area contributed by atoms with Crippen LogP contribution in [0, 0.1) is 0 Å². The smallest absolute Gasteiger partial charge is 0.132 e. The topological polar surface area (TPSA) is 38.9 Å². The van der Waals surface area contributed by atoms with Crippen LogP contribution in [0.5, 0.6) is 0 Å². The Morgan fingerprint density at radius 3 is 2.86 bits per heavy atom. The van der Waals surface area contributed by atoms with Gasteiger partial charge in [0, 0.05) is 10.7 Å². The van der Waals surface area contributed by atoms with E-state index in [2.05, 4.69) is 27.0 Å². The molecule has 1 aliphatic rings. The highest BCUT2D eigenvalue weighted by Gasteiger charge is 2.45. The average Bonchev–Trinajstić information content (AvgIpc) is 2.91. The Bertz CT molecular complexity index is 350. The zero-order valence-corrected chi connectivity index (χ0v) is 10.1. The van der Waals surface area contributed by atoms with Crippen LogP contribution in [0.25, 0.3) is 0 Å². The lowest BCUT2D eigenvalue weighted by Crippen LogP contribution is -2.14. The first-order chi connectivity index (χ1) is 6.68. The number of aromatic nitrogens is 1. The fourth-order valence-corrected chi connectivity index (χ4v) is 2.51. The lowest BCUT2D eigenvalue weighted by Gasteiger charge is -2.15. The van der Waals surface area contributed by atoms with Gasteiger partial charge in [0.1, 0.15) is 5.15 Å². The van der Waals surface area contributed by atoms with E-state index in [1.807, 2.05) is 0 Å². The monoisotopic (exact) mass is 274 g/mol. The van der Waals surface area contributed by atoms with Crippen LogP contribution < -0.4 is 5.73 Å². The third kappa shape index (κ3) is 1.81. The van der Waals surface area contributed by atoms with Gasteiger partial charge in [-0.05, 0) is 58.8 Å². The second-order valence-corrected chi connectivity index (χ2v) is 5.08. The van der Waals surface area contributed by atoms with Crippen LogP contribution in [-0.2, 0) is 5.41 Å². The summed E-state index contributed by atoms with van der Waals surface area (Å²) in [7, 11) is 0. The molecule has 1 heterocycles. The Hall–Kier alpha value is -0.120. The van der Waals surface area contributed by atoms with Crippen LogP contribution in [0.4, 0.5) is 0 Å². The lowest BCUT2D eigenvalue weighted by molar-refractivity contribution is 0.626. The van der Waals surface area contributed by atoms with Crippen molar-refractivity contribution < 1.29 is 0 Å². The third-order valence-corrected chi connectivity index (χ3v) is 3.59. The van der Waals surface area contributed by atoms with Gasteiger partial charge in [0.15, 0.2) is 0 Å². The molecule has 0 amide bonds. The SMILES string of the molecule is NCCC1(c2cc(Br)cnc2Cl)CC1. The van der Waals surface area contributed by atoms with Crippen molar-refractivity contribution in [2.24, 2.45) is 5.73 Å². The first kappa shape index (κ1) is 10.4. The maximum absolute atomic E-state index is 6.08. The standard InChI is InChI=1S/C10H12BrClN2/c11-7-5-8(9(12)14-6-7)10(1-2-10)3-4-13/h5-6H,1-4,13H2. The van der Waals surface area contributed by atoms with Gasteiger partial charge in [0.25, 0.3) is 0 Å². The van der Waals surface area contributed by atoms with Crippen molar-refractivity contribution in [3.63, 3.8) is 0 Å². The first-order valence-electron chi connectivity index (χ1n) is 4.69. The highest BCUT2D eigenvalue weighted by Crippen LogP contribution is 2.52. The molecule has 0 unspecified atom stereocenters. The van der Waals surface area contributed by atoms with Crippen LogP contribution in [-0.4, -0.2) is 11.5 Å². The summed E-state index contributed by atoms with van der Waals surface area (Å²) in [5.74, 6) is 0. The average molecular weight is 276 g/mol. The Morgan fingerprint density at radius 1 is 1.57 bits per heavy atom. The quantitative estimate of drug-likeness (QED) is 0.862. The summed E-state index contributed by atoms with van der Waals surface area (Å²) in [6.45, 7) is 0.711. The van der Waals surface area contributed by atoms with Gasteiger partial charge in [-0.1, -0.05) is 11.6 Å². The summed E-state index contributed by atoms with van der Waals surface area (Å²) >= 11 is 9.50. The fraction of sp³-hybridized carbons (Fsp3) is 0.500. The lowest BCUT2D eigenvalue weighted by atomic mass is 9.94. The molecule has 1 fully saturated rings. The van der Waals surface area contributed by atoms with Crippen molar-refractivity contribution >= 4 is 27.5 Å². The van der Waals surface area contributed by atoms with Crippen LogP contribution >= 0.6 is 27.5 Å². The number of rotatable bonds is 3. The molecule has 0 radical (unpaired) electrons. The van der Waals surface area contributed by atoms with Gasteiger partial charge in [-0.15, -0.1) is 0 Å². The Kier molecular flexibility index (Phi) is 2.82. The minimum Gasteiger partial charge on any atom is -0.330 e. The molecule has 1 aromatic heterocycles. The minimum atomic E-state index is 0.225. The Labute approximate surface area is 97.0 Å². The maximum Gasteiger partial charge on any atom is 0.132 e. The molecule has 2 N–H and O–H groups in total. The summed E-state index contributed by atoms with van der Waals surface area (Å²) in [4.78, 5) is 4.14. The van der Waals surface area contributed by atoms with Gasteiger partial charge < -0.3 is 5.73 Å². The van der Waals surface area contributed by atoms with Gasteiger partial charge in [0.05, 0.1) is 0 Å². The molecule has 0 bridgehead atoms. The molecular weight excluding hydrogens is 263 g/mol. The van der Waals surface area contributed by atoms with E-state index in [0.29, 0.717) is 11.7 Å². The summed E-state index contributed by atoms with van der Waals surface area (Å²) in [5, 5.41) is 0.624. The predicted molar refractivity (Wildman–Crippen MR) is 61.5 cm³/mol. The summed E-state index contributed by atoms with van der Waals surface area (Å²) in [5.41, 5.74) is 6.98. The van der Waals surface area contributed by atoms with E-state index in [0.717, 1.165) is 16.5 Å². The van der Waals surface area contributed by atoms with E-state index in [-0.39, 0.29) is 5.41 Å². The Balaban J connectivity index is 2.35. The number of nitrogens with two attached hydrogens (primary N) is 1. The molecule has 4 heteroatoms. The second-order valence-electron chi connectivity index (χ2n) is 3.81. The van der Waals surface area contributed by atoms with Gasteiger partial charge in [-0.25, -0.2) is 4.98 Å². The van der Waals surface area contributed by atoms with Crippen molar-refractivity contribution in [3.05, 3.63) is 27.5 Å². The van der Waals surface area contributed by atoms with E-state index in [4.69, 9.17) is 17.3 Å². The van der Waals surface area contributed by atoms with Gasteiger partial charge >= 0.3 is 0 Å². The van der Waals surface area contributed by atoms with E-state index in [1.165, 1.54) is 12.8 Å². The van der Waals surface area contributed by atoms with Gasteiger partial charge in [-0.3, -0.25) is 0 Å². The van der Waals surface area contributed by atoms with E-state index in [9.17, 15) is 0 Å². The van der Waals surface area contributed by atoms with Crippen molar-refractivity contribution in [2.45, 2.75) is 24.7 Å². The second kappa shape index (κ2) is 3.80. The highest BCUT2D eigenvalue weighted by molar-refractivity contribution is 9.10. The molecule has 1 saturated carbocycles. The molecule has 1 aliphatic carbocycles. The molecule has 0 saturated heterocycles. The van der Waals surface area contributed by atoms with Crippen molar-refractivity contribution in [3.8, 4) is 0 Å². The van der Waals surface area contributed by atoms with E-state index >= 15 is 0 Å². The molecule has 0 spiro atoms. The largest absolute Gasteiger partial charge is 0.330 e. The van der Waals surface area contributed by atoms with Crippen LogP contribution in [0.1, 0.15) is 24.8 Å².